The first-order valence-electron chi connectivity index (χ1n) is 23.9. The van der Waals surface area contributed by atoms with Crippen molar-refractivity contribution in [3.8, 4) is 0 Å². The predicted octanol–water partition coefficient (Wildman–Crippen LogP) is 13.9. The fourth-order valence-electron chi connectivity index (χ4n) is 7.07. The molecule has 0 aliphatic rings. The highest BCUT2D eigenvalue weighted by Gasteiger charge is 2.24. The number of aliphatic hydroxyl groups excluding tert-OH is 2. The van der Waals surface area contributed by atoms with Crippen molar-refractivity contribution in [3.63, 3.8) is 0 Å². The normalized spacial score (nSPS) is 13.7. The molecule has 0 heterocycles. The van der Waals surface area contributed by atoms with Crippen LogP contribution in [0.3, 0.4) is 0 Å². The summed E-state index contributed by atoms with van der Waals surface area (Å²) in [5.41, 5.74) is 0. The number of allylic oxidation sites excluding steroid dienone is 8. The molecule has 0 aromatic carbocycles. The van der Waals surface area contributed by atoms with E-state index >= 15 is 0 Å². The summed E-state index contributed by atoms with van der Waals surface area (Å²) in [6.07, 6.45) is 51.7. The van der Waals surface area contributed by atoms with E-state index in [4.69, 9.17) is 4.74 Å². The van der Waals surface area contributed by atoms with Crippen molar-refractivity contribution in [1.29, 1.82) is 0 Å². The van der Waals surface area contributed by atoms with E-state index in [0.29, 0.717) is 19.3 Å². The van der Waals surface area contributed by atoms with E-state index in [1.54, 1.807) is 0 Å². The lowest BCUT2D eigenvalue weighted by Crippen LogP contribution is -2.46. The van der Waals surface area contributed by atoms with Crippen LogP contribution in [-0.4, -0.2) is 46.9 Å². The summed E-state index contributed by atoms with van der Waals surface area (Å²) in [6, 6.07) is -0.716. The number of ether oxygens (including phenoxy) is 1. The Morgan fingerprint density at radius 1 is 0.536 bits per heavy atom. The molecule has 0 aromatic rings. The Labute approximate surface area is 346 Å². The van der Waals surface area contributed by atoms with Crippen LogP contribution in [0.4, 0.5) is 0 Å². The van der Waals surface area contributed by atoms with Gasteiger partial charge in [-0.25, -0.2) is 0 Å². The average molecular weight is 786 g/mol. The zero-order valence-corrected chi connectivity index (χ0v) is 37.0. The Kier molecular flexibility index (Phi) is 42.2. The second kappa shape index (κ2) is 43.9. The maximum Gasteiger partial charge on any atom is 0.306 e. The number of carbonyl (C=O) groups is 2. The molecule has 0 spiro atoms. The van der Waals surface area contributed by atoms with E-state index in [-0.39, 0.29) is 24.9 Å². The maximum atomic E-state index is 13.1. The SMILES string of the molecule is CC/C=C/C/C=C/C/C=C/C/C=C/CCCC(CC(=O)NC(CO)C(O)CCCCCCCCCCCCCCC)OC(=O)CCCCCCCCCCCC. The fraction of sp³-hybridized carbons (Fsp3) is 0.800. The highest BCUT2D eigenvalue weighted by molar-refractivity contribution is 5.77. The Hall–Kier alpha value is -2.18. The van der Waals surface area contributed by atoms with E-state index in [0.717, 1.165) is 77.0 Å². The van der Waals surface area contributed by atoms with Gasteiger partial charge in [0.05, 0.1) is 25.2 Å². The van der Waals surface area contributed by atoms with Gasteiger partial charge in [0.1, 0.15) is 6.10 Å². The zero-order chi connectivity index (χ0) is 41.0. The number of rotatable bonds is 42. The fourth-order valence-corrected chi connectivity index (χ4v) is 7.07. The predicted molar refractivity (Wildman–Crippen MR) is 241 cm³/mol. The molecule has 0 aromatic heterocycles. The minimum absolute atomic E-state index is 0.0416. The van der Waals surface area contributed by atoms with Crippen LogP contribution in [-0.2, 0) is 14.3 Å². The van der Waals surface area contributed by atoms with Gasteiger partial charge in [-0.1, -0.05) is 211 Å². The van der Waals surface area contributed by atoms with Crippen LogP contribution in [0.5, 0.6) is 0 Å². The summed E-state index contributed by atoms with van der Waals surface area (Å²) in [5, 5.41) is 23.7. The summed E-state index contributed by atoms with van der Waals surface area (Å²) in [4.78, 5) is 26.0. The molecule has 6 nitrogen and oxygen atoms in total. The number of carbonyl (C=O) groups excluding carboxylic acids is 2. The number of nitrogens with one attached hydrogen (secondary N) is 1. The van der Waals surface area contributed by atoms with Gasteiger partial charge in [-0.05, 0) is 57.8 Å². The second-order valence-corrected chi connectivity index (χ2v) is 16.1. The molecule has 56 heavy (non-hydrogen) atoms. The molecule has 0 rings (SSSR count). The molecular weight excluding hydrogens is 695 g/mol. The van der Waals surface area contributed by atoms with Crippen LogP contribution in [0.1, 0.15) is 233 Å². The monoisotopic (exact) mass is 786 g/mol. The lowest BCUT2D eigenvalue weighted by molar-refractivity contribution is -0.151. The van der Waals surface area contributed by atoms with Crippen molar-refractivity contribution in [2.24, 2.45) is 0 Å². The van der Waals surface area contributed by atoms with Crippen molar-refractivity contribution < 1.29 is 24.5 Å². The lowest BCUT2D eigenvalue weighted by atomic mass is 10.0. The Bertz CT molecular complexity index is 972. The van der Waals surface area contributed by atoms with Crippen molar-refractivity contribution in [3.05, 3.63) is 48.6 Å². The standard InChI is InChI=1S/C50H91NO5/c1-4-7-10-13-16-19-22-24-26-27-29-32-35-38-41-46(56-50(55)43-40-37-34-31-21-18-15-12-9-6-3)44-49(54)51-47(45-52)48(53)42-39-36-33-30-28-25-23-20-17-14-11-8-5-2/h7,10,16,19,24,26,29,32,46-48,52-53H,4-6,8-9,11-15,17-18,20-23,25,27-28,30-31,33-45H2,1-3H3,(H,51,54)/b10-7+,19-16+,26-24+,32-29+. The van der Waals surface area contributed by atoms with Crippen molar-refractivity contribution in [2.75, 3.05) is 6.61 Å². The summed E-state index contributed by atoms with van der Waals surface area (Å²) in [7, 11) is 0. The maximum absolute atomic E-state index is 13.1. The molecule has 6 heteroatoms. The van der Waals surface area contributed by atoms with Crippen LogP contribution in [0.2, 0.25) is 0 Å². The van der Waals surface area contributed by atoms with Crippen LogP contribution in [0.25, 0.3) is 0 Å². The minimum atomic E-state index is -0.799. The van der Waals surface area contributed by atoms with Gasteiger partial charge in [0.25, 0.3) is 0 Å². The first-order valence-corrected chi connectivity index (χ1v) is 23.9. The molecule has 3 unspecified atom stereocenters. The second-order valence-electron chi connectivity index (χ2n) is 16.1. The summed E-state index contributed by atoms with van der Waals surface area (Å²) in [5.74, 6) is -0.527. The van der Waals surface area contributed by atoms with Gasteiger partial charge in [0.15, 0.2) is 0 Å². The first-order chi connectivity index (χ1) is 27.5. The molecular formula is C50H91NO5. The molecule has 0 saturated carbocycles. The summed E-state index contributed by atoms with van der Waals surface area (Å²) < 4.78 is 5.88. The average Bonchev–Trinajstić information content (AvgIpc) is 3.19. The van der Waals surface area contributed by atoms with Gasteiger partial charge < -0.3 is 20.3 Å². The molecule has 0 bridgehead atoms. The van der Waals surface area contributed by atoms with Gasteiger partial charge in [0.2, 0.25) is 5.91 Å². The lowest BCUT2D eigenvalue weighted by Gasteiger charge is -2.24. The van der Waals surface area contributed by atoms with Gasteiger partial charge in [-0.15, -0.1) is 0 Å². The Morgan fingerprint density at radius 2 is 0.964 bits per heavy atom. The highest BCUT2D eigenvalue weighted by atomic mass is 16.5. The largest absolute Gasteiger partial charge is 0.462 e. The van der Waals surface area contributed by atoms with Gasteiger partial charge >= 0.3 is 5.97 Å². The Morgan fingerprint density at radius 3 is 1.43 bits per heavy atom. The van der Waals surface area contributed by atoms with E-state index in [1.807, 2.05) is 0 Å². The van der Waals surface area contributed by atoms with Crippen molar-refractivity contribution >= 4 is 11.9 Å². The van der Waals surface area contributed by atoms with Crippen LogP contribution in [0.15, 0.2) is 48.6 Å². The van der Waals surface area contributed by atoms with E-state index in [2.05, 4.69) is 74.7 Å². The number of esters is 1. The van der Waals surface area contributed by atoms with E-state index in [9.17, 15) is 19.8 Å². The Balaban J connectivity index is 4.66. The zero-order valence-electron chi connectivity index (χ0n) is 37.0. The minimum Gasteiger partial charge on any atom is -0.462 e. The third kappa shape index (κ3) is 38.7. The third-order valence-electron chi connectivity index (χ3n) is 10.7. The molecule has 0 saturated heterocycles. The van der Waals surface area contributed by atoms with Crippen molar-refractivity contribution in [2.45, 2.75) is 251 Å². The molecule has 3 atom stereocenters. The molecule has 326 valence electrons. The number of hydrogen-bond donors (Lipinski definition) is 3. The van der Waals surface area contributed by atoms with E-state index < -0.39 is 18.2 Å². The van der Waals surface area contributed by atoms with Crippen LogP contribution in [0, 0.1) is 0 Å². The van der Waals surface area contributed by atoms with Gasteiger partial charge in [-0.2, -0.15) is 0 Å². The molecule has 3 N–H and O–H groups in total. The molecule has 1 amide bonds. The summed E-state index contributed by atoms with van der Waals surface area (Å²) in [6.45, 7) is 6.33. The first kappa shape index (κ1) is 53.8. The smallest absolute Gasteiger partial charge is 0.306 e. The number of amides is 1. The summed E-state index contributed by atoms with van der Waals surface area (Å²) >= 11 is 0. The molecule has 0 fully saturated rings. The molecule has 0 radical (unpaired) electrons. The number of hydrogen-bond acceptors (Lipinski definition) is 5. The van der Waals surface area contributed by atoms with Crippen LogP contribution < -0.4 is 5.32 Å². The third-order valence-corrected chi connectivity index (χ3v) is 10.7. The quantitative estimate of drug-likeness (QED) is 0.0325. The molecule has 0 aliphatic heterocycles. The van der Waals surface area contributed by atoms with Crippen molar-refractivity contribution in [1.82, 2.24) is 5.32 Å². The number of unbranched alkanes of at least 4 members (excludes halogenated alkanes) is 22. The van der Waals surface area contributed by atoms with Gasteiger partial charge in [-0.3, -0.25) is 9.59 Å². The topological polar surface area (TPSA) is 95.9 Å². The van der Waals surface area contributed by atoms with E-state index in [1.165, 1.54) is 109 Å². The molecule has 0 aliphatic carbocycles. The highest BCUT2D eigenvalue weighted by Crippen LogP contribution is 2.17. The van der Waals surface area contributed by atoms with Gasteiger partial charge in [0, 0.05) is 6.42 Å². The van der Waals surface area contributed by atoms with Crippen LogP contribution >= 0.6 is 0 Å². The number of aliphatic hydroxyl groups is 2.